The number of amides is 1. The zero-order chi connectivity index (χ0) is 24.2. The van der Waals surface area contributed by atoms with Crippen LogP contribution in [-0.4, -0.2) is 5.91 Å². The fourth-order valence-electron chi connectivity index (χ4n) is 8.55. The van der Waals surface area contributed by atoms with Crippen molar-refractivity contribution in [3.8, 4) is 12.3 Å². The van der Waals surface area contributed by atoms with E-state index in [-0.39, 0.29) is 5.91 Å². The van der Waals surface area contributed by atoms with Crippen LogP contribution in [0.4, 0.5) is 0 Å². The van der Waals surface area contributed by atoms with Gasteiger partial charge in [-0.3, -0.25) is 4.79 Å². The summed E-state index contributed by atoms with van der Waals surface area (Å²) in [7, 11) is 0. The first-order valence-electron chi connectivity index (χ1n) is 14.2. The zero-order valence-electron chi connectivity index (χ0n) is 21.7. The summed E-state index contributed by atoms with van der Waals surface area (Å²) in [6, 6.07) is 0. The fraction of sp³-hybridized carbons (Fsp3) is 0.719. The van der Waals surface area contributed by atoms with Gasteiger partial charge < -0.3 is 5.73 Å². The topological polar surface area (TPSA) is 43.1 Å². The summed E-state index contributed by atoms with van der Waals surface area (Å²) in [4.78, 5) is 10.8. The average Bonchev–Trinajstić information content (AvgIpc) is 3.15. The molecule has 2 fully saturated rings. The third-order valence-corrected chi connectivity index (χ3v) is 10.3. The van der Waals surface area contributed by atoms with Gasteiger partial charge in [-0.1, -0.05) is 95.6 Å². The Balaban J connectivity index is 1.35. The molecule has 0 aromatic carbocycles. The summed E-state index contributed by atoms with van der Waals surface area (Å²) in [5.41, 5.74) is 7.40. The van der Waals surface area contributed by atoms with Crippen molar-refractivity contribution in [1.29, 1.82) is 0 Å². The second kappa shape index (κ2) is 10.9. The number of hydrogen-bond acceptors (Lipinski definition) is 1. The van der Waals surface area contributed by atoms with Crippen LogP contribution in [0.25, 0.3) is 0 Å². The number of hydrogen-bond donors (Lipinski definition) is 1. The van der Waals surface area contributed by atoms with Crippen molar-refractivity contribution in [1.82, 2.24) is 0 Å². The van der Waals surface area contributed by atoms with Gasteiger partial charge in [0.25, 0.3) is 0 Å². The normalized spacial score (nSPS) is 37.9. The number of terminal acetylenes is 1. The molecule has 0 heterocycles. The largest absolute Gasteiger partial charge is 0.370 e. The van der Waals surface area contributed by atoms with E-state index in [0.29, 0.717) is 29.1 Å². The number of allylic oxidation sites excluding steroid dienone is 6. The molecule has 4 rings (SSSR count). The molecular formula is C32H47NO. The first-order chi connectivity index (χ1) is 16.4. The van der Waals surface area contributed by atoms with Crippen molar-refractivity contribution >= 4 is 5.91 Å². The van der Waals surface area contributed by atoms with Gasteiger partial charge in [0.1, 0.15) is 0 Å². The Hall–Kier alpha value is -1.75. The summed E-state index contributed by atoms with van der Waals surface area (Å²) in [5, 5.41) is 0. The van der Waals surface area contributed by atoms with Gasteiger partial charge in [-0.25, -0.2) is 0 Å². The van der Waals surface area contributed by atoms with Gasteiger partial charge in [0.15, 0.2) is 0 Å². The molecule has 2 heteroatoms. The molecule has 34 heavy (non-hydrogen) atoms. The Morgan fingerprint density at radius 2 is 1.79 bits per heavy atom. The molecule has 186 valence electrons. The van der Waals surface area contributed by atoms with Crippen molar-refractivity contribution in [2.75, 3.05) is 0 Å². The summed E-state index contributed by atoms with van der Waals surface area (Å²) in [5.74, 6) is 6.50. The third-order valence-electron chi connectivity index (χ3n) is 10.3. The molecule has 0 aromatic heterocycles. The predicted octanol–water partition coefficient (Wildman–Crippen LogP) is 7.75. The maximum absolute atomic E-state index is 10.8. The molecule has 0 bridgehead atoms. The Labute approximate surface area is 208 Å². The SMILES string of the molecule is C#C[C@H]1CC[C@H]2[C@@H]3C=CC4=CC=CC[C@]4(C)[C@H]3C(CCCCCCCCCCC(N)=O)C[C@]12C. The molecule has 7 atom stereocenters. The summed E-state index contributed by atoms with van der Waals surface area (Å²) in [6.07, 6.45) is 35.2. The number of primary amides is 1. The Morgan fingerprint density at radius 1 is 1.09 bits per heavy atom. The van der Waals surface area contributed by atoms with Crippen LogP contribution < -0.4 is 5.73 Å². The standard InChI is InChI=1S/C32H47NO/c1-4-25-19-21-28-27-20-18-26-16-13-14-22-31(26,2)30(27)24(23-32(25,28)3)15-11-9-7-5-6-8-10-12-17-29(33)34/h1,13-14,16,18,20,24-25,27-28,30H,5-12,15,17,19,21-23H2,2-3H3,(H2,33,34)/t24?,25-,27-,28-,30-,31-,32+/m0/s1. The van der Waals surface area contributed by atoms with E-state index < -0.39 is 0 Å². The highest BCUT2D eigenvalue weighted by atomic mass is 16.1. The number of unbranched alkanes of at least 4 members (excludes halogenated alkanes) is 7. The highest BCUT2D eigenvalue weighted by Crippen LogP contribution is 2.67. The van der Waals surface area contributed by atoms with E-state index >= 15 is 0 Å². The van der Waals surface area contributed by atoms with Gasteiger partial charge in [-0.15, -0.1) is 12.3 Å². The second-order valence-electron chi connectivity index (χ2n) is 12.3. The van der Waals surface area contributed by atoms with Crippen LogP contribution in [0.1, 0.15) is 104 Å². The lowest BCUT2D eigenvalue weighted by Crippen LogP contribution is -2.52. The van der Waals surface area contributed by atoms with Gasteiger partial charge in [-0.05, 0) is 72.2 Å². The highest BCUT2D eigenvalue weighted by Gasteiger charge is 2.60. The van der Waals surface area contributed by atoms with Crippen LogP contribution in [-0.2, 0) is 4.79 Å². The van der Waals surface area contributed by atoms with Gasteiger partial charge in [0.2, 0.25) is 5.91 Å². The van der Waals surface area contributed by atoms with E-state index in [1.807, 2.05) is 0 Å². The number of carbonyl (C=O) groups is 1. The lowest BCUT2D eigenvalue weighted by Gasteiger charge is -2.59. The molecule has 0 radical (unpaired) electrons. The Kier molecular flexibility index (Phi) is 8.12. The highest BCUT2D eigenvalue weighted by molar-refractivity contribution is 5.73. The van der Waals surface area contributed by atoms with Crippen molar-refractivity contribution in [2.45, 2.75) is 104 Å². The lowest BCUT2D eigenvalue weighted by atomic mass is 9.45. The van der Waals surface area contributed by atoms with E-state index in [1.54, 1.807) is 5.57 Å². The summed E-state index contributed by atoms with van der Waals surface area (Å²) in [6.45, 7) is 5.10. The van der Waals surface area contributed by atoms with Crippen molar-refractivity contribution in [3.05, 3.63) is 36.0 Å². The lowest BCUT2D eigenvalue weighted by molar-refractivity contribution is -0.118. The molecule has 0 saturated heterocycles. The molecule has 0 aromatic rings. The summed E-state index contributed by atoms with van der Waals surface area (Å²) < 4.78 is 0. The van der Waals surface area contributed by atoms with E-state index in [2.05, 4.69) is 50.1 Å². The molecule has 2 saturated carbocycles. The van der Waals surface area contributed by atoms with Crippen LogP contribution in [0.5, 0.6) is 0 Å². The van der Waals surface area contributed by atoms with Crippen LogP contribution in [0.15, 0.2) is 36.0 Å². The van der Waals surface area contributed by atoms with Crippen LogP contribution in [0.2, 0.25) is 0 Å². The minimum Gasteiger partial charge on any atom is -0.370 e. The van der Waals surface area contributed by atoms with Crippen LogP contribution in [0, 0.1) is 52.8 Å². The fourth-order valence-corrected chi connectivity index (χ4v) is 8.55. The zero-order valence-corrected chi connectivity index (χ0v) is 21.7. The monoisotopic (exact) mass is 461 g/mol. The quantitative estimate of drug-likeness (QED) is 0.248. The van der Waals surface area contributed by atoms with Gasteiger partial charge in [-0.2, -0.15) is 0 Å². The van der Waals surface area contributed by atoms with Crippen molar-refractivity contribution < 1.29 is 4.79 Å². The van der Waals surface area contributed by atoms with E-state index in [9.17, 15) is 4.79 Å². The minimum atomic E-state index is -0.162. The minimum absolute atomic E-state index is 0.162. The first kappa shape index (κ1) is 25.3. The number of fused-ring (bicyclic) bond motifs is 5. The average molecular weight is 462 g/mol. The van der Waals surface area contributed by atoms with Crippen LogP contribution >= 0.6 is 0 Å². The second-order valence-corrected chi connectivity index (χ2v) is 12.3. The smallest absolute Gasteiger partial charge is 0.217 e. The number of carbonyl (C=O) groups excluding carboxylic acids is 1. The molecule has 4 aliphatic carbocycles. The maximum Gasteiger partial charge on any atom is 0.217 e. The maximum atomic E-state index is 10.8. The van der Waals surface area contributed by atoms with Gasteiger partial charge >= 0.3 is 0 Å². The van der Waals surface area contributed by atoms with Crippen molar-refractivity contribution in [3.63, 3.8) is 0 Å². The van der Waals surface area contributed by atoms with Gasteiger partial charge in [0.05, 0.1) is 0 Å². The third kappa shape index (κ3) is 4.96. The van der Waals surface area contributed by atoms with E-state index in [4.69, 9.17) is 12.2 Å². The number of rotatable bonds is 11. The van der Waals surface area contributed by atoms with E-state index in [0.717, 1.165) is 30.6 Å². The molecular weight excluding hydrogens is 414 g/mol. The summed E-state index contributed by atoms with van der Waals surface area (Å²) >= 11 is 0. The van der Waals surface area contributed by atoms with Crippen molar-refractivity contribution in [2.24, 2.45) is 46.2 Å². The molecule has 1 amide bonds. The number of nitrogens with two attached hydrogens (primary N) is 1. The molecule has 2 nitrogen and oxygen atoms in total. The molecule has 0 spiro atoms. The molecule has 1 unspecified atom stereocenters. The first-order valence-corrected chi connectivity index (χ1v) is 14.2. The van der Waals surface area contributed by atoms with Crippen LogP contribution in [0.3, 0.4) is 0 Å². The molecule has 2 N–H and O–H groups in total. The molecule has 4 aliphatic rings. The predicted molar refractivity (Wildman–Crippen MR) is 143 cm³/mol. The molecule has 0 aliphatic heterocycles. The Morgan fingerprint density at radius 3 is 2.50 bits per heavy atom. The van der Waals surface area contributed by atoms with Gasteiger partial charge in [0, 0.05) is 12.3 Å². The Bertz CT molecular complexity index is 859. The van der Waals surface area contributed by atoms with E-state index in [1.165, 1.54) is 70.6 Å².